The van der Waals surface area contributed by atoms with Gasteiger partial charge in [0.2, 0.25) is 5.52 Å². The van der Waals surface area contributed by atoms with Crippen LogP contribution < -0.4 is 4.43 Å². The van der Waals surface area contributed by atoms with Gasteiger partial charge in [0.1, 0.15) is 5.52 Å². The van der Waals surface area contributed by atoms with Crippen LogP contribution in [0.1, 0.15) is 11.4 Å². The minimum atomic E-state index is 0. The minimum absolute atomic E-state index is 0. The van der Waals surface area contributed by atoms with Crippen molar-refractivity contribution in [2.24, 2.45) is 0 Å². The third-order valence-electron chi connectivity index (χ3n) is 2.53. The van der Waals surface area contributed by atoms with E-state index >= 15 is 0 Å². The Bertz CT molecular complexity index is 612. The Morgan fingerprint density at radius 3 is 2.89 bits per heavy atom. The summed E-state index contributed by atoms with van der Waals surface area (Å²) in [5.74, 6) is 0.167. The number of hydrogen-bond donors (Lipinski definition) is 0. The lowest BCUT2D eigenvalue weighted by atomic mass is 10.2. The molecule has 1 heterocycles. The van der Waals surface area contributed by atoms with Crippen molar-refractivity contribution < 1.29 is 9.16 Å². The first-order chi connectivity index (χ1) is 8.13. The Morgan fingerprint density at radius 1 is 1.50 bits per heavy atom. The molecule has 0 atom stereocenters. The molecule has 0 N–H and O–H groups in total. The second-order valence-corrected chi connectivity index (χ2v) is 3.82. The van der Waals surface area contributed by atoms with Gasteiger partial charge in [-0.15, -0.1) is 12.4 Å². The quantitative estimate of drug-likeness (QED) is 0.787. The molecule has 2 aromatic rings. The molecule has 2 rings (SSSR count). The lowest BCUT2D eigenvalue weighted by Gasteiger charge is -2.06. The number of nitrogens with zero attached hydrogens (tertiary/aromatic N) is 3. The summed E-state index contributed by atoms with van der Waals surface area (Å²) >= 11 is 0. The summed E-state index contributed by atoms with van der Waals surface area (Å²) in [5.41, 5.74) is 1.53. The molecule has 0 aliphatic carbocycles. The van der Waals surface area contributed by atoms with Crippen LogP contribution in [-0.2, 0) is 11.2 Å². The molecular formula is C11H14ClN3O3. The molecule has 0 unspecified atom stereocenters. The summed E-state index contributed by atoms with van der Waals surface area (Å²) in [4.78, 5) is 12.5. The van der Waals surface area contributed by atoms with Crippen molar-refractivity contribution in [2.75, 3.05) is 13.7 Å². The average Bonchev–Trinajstić information content (AvgIpc) is 2.32. The first-order valence-electron chi connectivity index (χ1n) is 5.25. The van der Waals surface area contributed by atoms with Crippen LogP contribution >= 0.6 is 12.4 Å². The first kappa shape index (κ1) is 14.4. The molecule has 6 nitrogen and oxygen atoms in total. The number of benzene rings is 1. The maximum atomic E-state index is 12.0. The van der Waals surface area contributed by atoms with Gasteiger partial charge in [-0.25, -0.2) is 0 Å². The Hall–Kier alpha value is -1.66. The Kier molecular flexibility index (Phi) is 4.63. The highest BCUT2D eigenvalue weighted by Gasteiger charge is 2.16. The predicted molar refractivity (Wildman–Crippen MR) is 69.4 cm³/mol. The number of rotatable bonds is 3. The highest BCUT2D eigenvalue weighted by molar-refractivity contribution is 5.85. The highest BCUT2D eigenvalue weighted by Crippen LogP contribution is 2.10. The van der Waals surface area contributed by atoms with E-state index in [2.05, 4.69) is 5.10 Å². The van der Waals surface area contributed by atoms with E-state index < -0.39 is 0 Å². The van der Waals surface area contributed by atoms with Gasteiger partial charge in [-0.1, -0.05) is 11.0 Å². The Labute approximate surface area is 110 Å². The van der Waals surface area contributed by atoms with Crippen LogP contribution in [0, 0.1) is 17.0 Å². The van der Waals surface area contributed by atoms with Crippen molar-refractivity contribution in [2.45, 2.75) is 13.3 Å². The molecule has 0 radical (unpaired) electrons. The summed E-state index contributed by atoms with van der Waals surface area (Å²) in [6.07, 6.45) is 0.312. The number of fused-ring (bicyclic) bond motifs is 1. The smallest absolute Gasteiger partial charge is 0.369 e. The summed E-state index contributed by atoms with van der Waals surface area (Å²) in [7, 11) is 1.53. The molecular weight excluding hydrogens is 258 g/mol. The Morgan fingerprint density at radius 2 is 2.22 bits per heavy atom. The van der Waals surface area contributed by atoms with Crippen molar-refractivity contribution >= 4 is 23.4 Å². The standard InChI is InChI=1S/C11H13N3O3.ClH/c1-8-3-4-9-10(7-8)13(15)11(5-6-17-2)12-14(9)16;/h3-4,7H,5-6H2,1-2H3;1H. The molecule has 0 amide bonds. The largest absolute Gasteiger partial charge is 0.772 e. The zero-order chi connectivity index (χ0) is 12.4. The lowest BCUT2D eigenvalue weighted by molar-refractivity contribution is -0.480. The predicted octanol–water partition coefficient (Wildman–Crippen LogP) is 1.22. The zero-order valence-corrected chi connectivity index (χ0v) is 10.9. The van der Waals surface area contributed by atoms with Gasteiger partial charge >= 0.3 is 5.82 Å². The van der Waals surface area contributed by atoms with Crippen molar-refractivity contribution in [3.05, 3.63) is 39.7 Å². The van der Waals surface area contributed by atoms with E-state index in [9.17, 15) is 10.1 Å². The molecule has 0 saturated carbocycles. The van der Waals surface area contributed by atoms with Crippen LogP contribution in [0.2, 0.25) is 0 Å². The third-order valence-corrected chi connectivity index (χ3v) is 2.53. The monoisotopic (exact) mass is 271 g/mol. The Balaban J connectivity index is 0.00000162. The van der Waals surface area contributed by atoms with E-state index in [0.717, 1.165) is 5.56 Å². The second kappa shape index (κ2) is 5.79. The zero-order valence-electron chi connectivity index (χ0n) is 10.1. The van der Waals surface area contributed by atoms with E-state index in [1.165, 1.54) is 7.11 Å². The minimum Gasteiger partial charge on any atom is -0.772 e. The van der Waals surface area contributed by atoms with Crippen molar-refractivity contribution in [3.8, 4) is 0 Å². The summed E-state index contributed by atoms with van der Waals surface area (Å²) < 4.78 is 5.56. The van der Waals surface area contributed by atoms with Crippen LogP contribution in [0.3, 0.4) is 0 Å². The molecule has 1 aromatic carbocycles. The molecule has 98 valence electrons. The molecule has 0 bridgehead atoms. The fourth-order valence-corrected chi connectivity index (χ4v) is 1.64. The third kappa shape index (κ3) is 2.60. The van der Waals surface area contributed by atoms with Crippen molar-refractivity contribution in [1.29, 1.82) is 0 Å². The SMILES string of the molecule is COCCc1nn([O-])c2ccc(C)cc2[n+]1=O.Cl. The number of halogens is 1. The normalized spacial score (nSPS) is 10.3. The summed E-state index contributed by atoms with van der Waals surface area (Å²) in [5, 5.41) is 15.3. The number of aromatic nitrogens is 3. The van der Waals surface area contributed by atoms with Crippen LogP contribution in [-0.4, -0.2) is 23.7 Å². The molecule has 0 saturated heterocycles. The van der Waals surface area contributed by atoms with Crippen LogP contribution in [0.15, 0.2) is 18.2 Å². The number of ether oxygens (including phenoxy) is 1. The van der Waals surface area contributed by atoms with E-state index in [-0.39, 0.29) is 23.7 Å². The number of methoxy groups -OCH3 is 1. The molecule has 0 aliphatic heterocycles. The number of hydrogen-bond acceptors (Lipinski definition) is 4. The molecule has 1 aromatic heterocycles. The molecule has 18 heavy (non-hydrogen) atoms. The van der Waals surface area contributed by atoms with Crippen LogP contribution in [0.4, 0.5) is 0 Å². The summed E-state index contributed by atoms with van der Waals surface area (Å²) in [6.45, 7) is 2.22. The molecule has 0 aliphatic rings. The lowest BCUT2D eigenvalue weighted by Crippen LogP contribution is -2.28. The van der Waals surface area contributed by atoms with Gasteiger partial charge in [0.25, 0.3) is 0 Å². The van der Waals surface area contributed by atoms with E-state index in [4.69, 9.17) is 4.74 Å². The second-order valence-electron chi connectivity index (χ2n) is 3.82. The number of aryl methyl sites for hydroxylation is 1. The molecule has 7 heteroatoms. The van der Waals surface area contributed by atoms with E-state index in [1.54, 1.807) is 18.2 Å². The van der Waals surface area contributed by atoms with E-state index in [1.807, 2.05) is 6.92 Å². The fourth-order valence-electron chi connectivity index (χ4n) is 1.64. The van der Waals surface area contributed by atoms with Gasteiger partial charge in [-0.05, 0) is 24.6 Å². The van der Waals surface area contributed by atoms with Gasteiger partial charge in [0.15, 0.2) is 0 Å². The van der Waals surface area contributed by atoms with Crippen LogP contribution in [0.25, 0.3) is 11.0 Å². The van der Waals surface area contributed by atoms with Gasteiger partial charge in [-0.2, -0.15) is 4.85 Å². The topological polar surface area (TPSA) is 73.1 Å². The first-order valence-corrected chi connectivity index (χ1v) is 5.25. The van der Waals surface area contributed by atoms with Crippen molar-refractivity contribution in [3.63, 3.8) is 0 Å². The molecule has 0 fully saturated rings. The highest BCUT2D eigenvalue weighted by atomic mass is 35.5. The van der Waals surface area contributed by atoms with Crippen LogP contribution in [0.5, 0.6) is 0 Å². The van der Waals surface area contributed by atoms with Gasteiger partial charge in [-0.3, -0.25) is 0 Å². The van der Waals surface area contributed by atoms with E-state index in [0.29, 0.717) is 27.8 Å². The summed E-state index contributed by atoms with van der Waals surface area (Å²) in [6, 6.07) is 5.04. The maximum Gasteiger partial charge on any atom is 0.369 e. The fraction of sp³-hybridized carbons (Fsp3) is 0.364. The van der Waals surface area contributed by atoms with Crippen molar-refractivity contribution in [1.82, 2.24) is 9.94 Å². The maximum absolute atomic E-state index is 12.0. The van der Waals surface area contributed by atoms with Gasteiger partial charge in [0.05, 0.1) is 18.1 Å². The van der Waals surface area contributed by atoms with Gasteiger partial charge < -0.3 is 9.94 Å². The molecule has 0 spiro atoms. The van der Waals surface area contributed by atoms with Gasteiger partial charge in [0, 0.05) is 11.5 Å². The average molecular weight is 272 g/mol.